The van der Waals surface area contributed by atoms with Crippen molar-refractivity contribution in [2.24, 2.45) is 0 Å². The van der Waals surface area contributed by atoms with Gasteiger partial charge in [0, 0.05) is 6.61 Å². The third-order valence-electron chi connectivity index (χ3n) is 1.90. The van der Waals surface area contributed by atoms with Gasteiger partial charge in [0.05, 0.1) is 12.4 Å². The Kier molecular flexibility index (Phi) is 7.27. The standard InChI is InChI=1S/C9H19NO5S/c1-3-5-8(9(11)12)10-16(13,14)7-6-15-4-2/h8,10H,3-7H2,1-2H3,(H,11,12)/t8-/m0/s1. The van der Waals surface area contributed by atoms with Gasteiger partial charge in [0.1, 0.15) is 6.04 Å². The molecule has 0 spiro atoms. The monoisotopic (exact) mass is 253 g/mol. The zero-order valence-corrected chi connectivity index (χ0v) is 10.4. The predicted molar refractivity (Wildman–Crippen MR) is 59.7 cm³/mol. The first kappa shape index (κ1) is 15.3. The molecule has 0 aliphatic heterocycles. The lowest BCUT2D eigenvalue weighted by molar-refractivity contribution is -0.139. The van der Waals surface area contributed by atoms with Gasteiger partial charge >= 0.3 is 5.97 Å². The van der Waals surface area contributed by atoms with Crippen molar-refractivity contribution >= 4 is 16.0 Å². The molecule has 0 fully saturated rings. The lowest BCUT2D eigenvalue weighted by Gasteiger charge is -2.13. The van der Waals surface area contributed by atoms with Crippen LogP contribution in [0.3, 0.4) is 0 Å². The van der Waals surface area contributed by atoms with Crippen molar-refractivity contribution in [2.45, 2.75) is 32.7 Å². The molecular weight excluding hydrogens is 234 g/mol. The SMILES string of the molecule is CCC[C@H](NS(=O)(=O)CCOCC)C(=O)O. The second-order valence-electron chi connectivity index (χ2n) is 3.31. The van der Waals surface area contributed by atoms with E-state index in [1.54, 1.807) is 13.8 Å². The van der Waals surface area contributed by atoms with Crippen LogP contribution in [0.2, 0.25) is 0 Å². The van der Waals surface area contributed by atoms with Gasteiger partial charge in [0.2, 0.25) is 10.0 Å². The second-order valence-corrected chi connectivity index (χ2v) is 5.19. The molecule has 0 aliphatic rings. The average Bonchev–Trinajstić information content (AvgIpc) is 2.17. The number of carbonyl (C=O) groups is 1. The third-order valence-corrected chi connectivity index (χ3v) is 3.25. The summed E-state index contributed by atoms with van der Waals surface area (Å²) in [7, 11) is -3.58. The van der Waals surface area contributed by atoms with Gasteiger partial charge in [0.15, 0.2) is 0 Å². The zero-order chi connectivity index (χ0) is 12.6. The minimum absolute atomic E-state index is 0.0737. The first-order chi connectivity index (χ1) is 7.43. The fourth-order valence-corrected chi connectivity index (χ4v) is 2.22. The van der Waals surface area contributed by atoms with Gasteiger partial charge in [0.25, 0.3) is 0 Å². The lowest BCUT2D eigenvalue weighted by Crippen LogP contribution is -2.42. The summed E-state index contributed by atoms with van der Waals surface area (Å²) in [6.45, 7) is 4.07. The minimum Gasteiger partial charge on any atom is -0.480 e. The average molecular weight is 253 g/mol. The van der Waals surface area contributed by atoms with Crippen molar-refractivity contribution in [3.63, 3.8) is 0 Å². The molecule has 7 heteroatoms. The fourth-order valence-electron chi connectivity index (χ4n) is 1.11. The molecule has 2 N–H and O–H groups in total. The van der Waals surface area contributed by atoms with Crippen LogP contribution >= 0.6 is 0 Å². The van der Waals surface area contributed by atoms with Gasteiger partial charge in [-0.2, -0.15) is 0 Å². The Balaban J connectivity index is 4.25. The van der Waals surface area contributed by atoms with E-state index in [9.17, 15) is 13.2 Å². The van der Waals surface area contributed by atoms with Crippen LogP contribution in [0.25, 0.3) is 0 Å². The molecule has 0 saturated heterocycles. The molecule has 0 saturated carbocycles. The maximum Gasteiger partial charge on any atom is 0.321 e. The molecule has 0 amide bonds. The van der Waals surface area contributed by atoms with Crippen LogP contribution in [0.15, 0.2) is 0 Å². The van der Waals surface area contributed by atoms with Gasteiger partial charge in [-0.15, -0.1) is 0 Å². The molecule has 0 rings (SSSR count). The van der Waals surface area contributed by atoms with Gasteiger partial charge in [-0.05, 0) is 13.3 Å². The van der Waals surface area contributed by atoms with E-state index in [1.807, 2.05) is 0 Å². The normalized spacial score (nSPS) is 13.6. The highest BCUT2D eigenvalue weighted by atomic mass is 32.2. The van der Waals surface area contributed by atoms with Gasteiger partial charge in [-0.3, -0.25) is 4.79 Å². The summed E-state index contributed by atoms with van der Waals surface area (Å²) in [5.41, 5.74) is 0. The molecular formula is C9H19NO5S. The van der Waals surface area contributed by atoms with Crippen molar-refractivity contribution in [1.82, 2.24) is 4.72 Å². The molecule has 0 aliphatic carbocycles. The molecule has 16 heavy (non-hydrogen) atoms. The molecule has 0 bridgehead atoms. The van der Waals surface area contributed by atoms with Crippen molar-refractivity contribution in [1.29, 1.82) is 0 Å². The number of sulfonamides is 1. The summed E-state index contributed by atoms with van der Waals surface area (Å²) in [5, 5.41) is 8.78. The Morgan fingerprint density at radius 2 is 2.06 bits per heavy atom. The first-order valence-electron chi connectivity index (χ1n) is 5.23. The second kappa shape index (κ2) is 7.59. The van der Waals surface area contributed by atoms with Gasteiger partial charge in [-0.1, -0.05) is 13.3 Å². The van der Waals surface area contributed by atoms with E-state index in [2.05, 4.69) is 4.72 Å². The third kappa shape index (κ3) is 6.76. The number of nitrogens with one attached hydrogen (secondary N) is 1. The Hall–Kier alpha value is -0.660. The van der Waals surface area contributed by atoms with E-state index in [0.717, 1.165) is 0 Å². The maximum absolute atomic E-state index is 11.4. The molecule has 0 radical (unpaired) electrons. The largest absolute Gasteiger partial charge is 0.480 e. The number of rotatable bonds is 9. The Morgan fingerprint density at radius 3 is 2.50 bits per heavy atom. The highest BCUT2D eigenvalue weighted by Gasteiger charge is 2.22. The quantitative estimate of drug-likeness (QED) is 0.572. The number of ether oxygens (including phenoxy) is 1. The summed E-state index contributed by atoms with van der Waals surface area (Å²) < 4.78 is 29.9. The van der Waals surface area contributed by atoms with E-state index in [1.165, 1.54) is 0 Å². The molecule has 1 atom stereocenters. The van der Waals surface area contributed by atoms with E-state index in [0.29, 0.717) is 13.0 Å². The van der Waals surface area contributed by atoms with Gasteiger partial charge < -0.3 is 9.84 Å². The smallest absolute Gasteiger partial charge is 0.321 e. The number of carboxylic acids is 1. The van der Waals surface area contributed by atoms with E-state index >= 15 is 0 Å². The molecule has 0 aromatic rings. The van der Waals surface area contributed by atoms with E-state index in [-0.39, 0.29) is 18.8 Å². The molecule has 0 heterocycles. The summed E-state index contributed by atoms with van der Waals surface area (Å²) in [4.78, 5) is 10.7. The van der Waals surface area contributed by atoms with Crippen LogP contribution in [-0.2, 0) is 19.6 Å². The first-order valence-corrected chi connectivity index (χ1v) is 6.88. The van der Waals surface area contributed by atoms with E-state index in [4.69, 9.17) is 9.84 Å². The van der Waals surface area contributed by atoms with Crippen LogP contribution in [0, 0.1) is 0 Å². The highest BCUT2D eigenvalue weighted by molar-refractivity contribution is 7.89. The van der Waals surface area contributed by atoms with Gasteiger partial charge in [-0.25, -0.2) is 13.1 Å². The molecule has 0 aromatic heterocycles. The maximum atomic E-state index is 11.4. The summed E-state index contributed by atoms with van der Waals surface area (Å²) >= 11 is 0. The predicted octanol–water partition coefficient (Wildman–Crippen LogP) is 0.196. The van der Waals surface area contributed by atoms with Crippen LogP contribution in [0.4, 0.5) is 0 Å². The number of hydrogen-bond donors (Lipinski definition) is 2. The molecule has 0 unspecified atom stereocenters. The van der Waals surface area contributed by atoms with Crippen molar-refractivity contribution in [3.05, 3.63) is 0 Å². The van der Waals surface area contributed by atoms with Crippen LogP contribution in [-0.4, -0.2) is 44.5 Å². The van der Waals surface area contributed by atoms with Crippen molar-refractivity contribution in [2.75, 3.05) is 19.0 Å². The fraction of sp³-hybridized carbons (Fsp3) is 0.889. The van der Waals surface area contributed by atoms with E-state index < -0.39 is 22.0 Å². The Labute approximate surface area is 96.0 Å². The summed E-state index contributed by atoms with van der Waals surface area (Å²) in [6, 6.07) is -1.04. The van der Waals surface area contributed by atoms with Crippen LogP contribution < -0.4 is 4.72 Å². The topological polar surface area (TPSA) is 92.7 Å². The Morgan fingerprint density at radius 1 is 1.44 bits per heavy atom. The van der Waals surface area contributed by atoms with Crippen molar-refractivity contribution < 1.29 is 23.1 Å². The number of carboxylic acid groups (broad SMARTS) is 1. The van der Waals surface area contributed by atoms with Crippen LogP contribution in [0.1, 0.15) is 26.7 Å². The number of hydrogen-bond acceptors (Lipinski definition) is 4. The zero-order valence-electron chi connectivity index (χ0n) is 9.60. The van der Waals surface area contributed by atoms with Crippen molar-refractivity contribution in [3.8, 4) is 0 Å². The lowest BCUT2D eigenvalue weighted by atomic mass is 10.2. The summed E-state index contributed by atoms with van der Waals surface area (Å²) in [6.07, 6.45) is 0.883. The number of aliphatic carboxylic acids is 1. The summed E-state index contributed by atoms with van der Waals surface area (Å²) in [5.74, 6) is -1.37. The molecule has 0 aromatic carbocycles. The molecule has 96 valence electrons. The van der Waals surface area contributed by atoms with Crippen LogP contribution in [0.5, 0.6) is 0 Å². The Bertz CT molecular complexity index is 301. The minimum atomic E-state index is -3.58. The highest BCUT2D eigenvalue weighted by Crippen LogP contribution is 1.99. The molecule has 6 nitrogen and oxygen atoms in total.